The van der Waals surface area contributed by atoms with Gasteiger partial charge >= 0.3 is 0 Å². The molecule has 1 aromatic heterocycles. The summed E-state index contributed by atoms with van der Waals surface area (Å²) in [7, 11) is 0. The van der Waals surface area contributed by atoms with E-state index in [0.29, 0.717) is 22.2 Å². The lowest BCUT2D eigenvalue weighted by Gasteiger charge is -2.08. The standard InChI is InChI=1S/C11H8Cl2FN3/c12-6-3-10(15)11(16-5-6)17-7-1-2-9(14)8(13)4-7/h1-5H,15H2,(H,16,17). The van der Waals surface area contributed by atoms with E-state index in [1.807, 2.05) is 0 Å². The first kappa shape index (κ1) is 12.0. The normalized spacial score (nSPS) is 10.3. The van der Waals surface area contributed by atoms with Crippen LogP contribution in [-0.4, -0.2) is 4.98 Å². The summed E-state index contributed by atoms with van der Waals surface area (Å²) < 4.78 is 13.0. The van der Waals surface area contributed by atoms with E-state index in [-0.39, 0.29) is 5.02 Å². The van der Waals surface area contributed by atoms with Gasteiger partial charge in [-0.05, 0) is 24.3 Å². The summed E-state index contributed by atoms with van der Waals surface area (Å²) in [5.74, 6) is -0.0358. The maximum Gasteiger partial charge on any atom is 0.153 e. The first-order valence-corrected chi connectivity index (χ1v) is 5.45. The van der Waals surface area contributed by atoms with Gasteiger partial charge in [0.25, 0.3) is 0 Å². The molecule has 6 heteroatoms. The number of nitrogens with two attached hydrogens (primary N) is 1. The quantitative estimate of drug-likeness (QED) is 0.872. The van der Waals surface area contributed by atoms with Crippen molar-refractivity contribution in [2.24, 2.45) is 0 Å². The van der Waals surface area contributed by atoms with Gasteiger partial charge in [0.1, 0.15) is 5.82 Å². The summed E-state index contributed by atoms with van der Waals surface area (Å²) in [5.41, 5.74) is 6.72. The fourth-order valence-corrected chi connectivity index (χ4v) is 1.62. The Morgan fingerprint density at radius 2 is 2.00 bits per heavy atom. The van der Waals surface area contributed by atoms with Gasteiger partial charge in [0, 0.05) is 11.9 Å². The van der Waals surface area contributed by atoms with E-state index < -0.39 is 5.82 Å². The van der Waals surface area contributed by atoms with Crippen molar-refractivity contribution in [2.45, 2.75) is 0 Å². The highest BCUT2D eigenvalue weighted by atomic mass is 35.5. The summed E-state index contributed by atoms with van der Waals surface area (Å²) in [6.07, 6.45) is 1.46. The molecule has 2 rings (SSSR count). The highest BCUT2D eigenvalue weighted by Crippen LogP contribution is 2.25. The number of nitrogen functional groups attached to an aromatic ring is 1. The molecule has 3 nitrogen and oxygen atoms in total. The minimum atomic E-state index is -0.478. The van der Waals surface area contributed by atoms with E-state index in [4.69, 9.17) is 28.9 Å². The molecule has 0 spiro atoms. The number of rotatable bonds is 2. The van der Waals surface area contributed by atoms with E-state index >= 15 is 0 Å². The summed E-state index contributed by atoms with van der Waals surface area (Å²) in [5, 5.41) is 3.40. The van der Waals surface area contributed by atoms with Gasteiger partial charge < -0.3 is 11.1 Å². The molecule has 0 amide bonds. The summed E-state index contributed by atoms with van der Waals surface area (Å²) in [6, 6.07) is 5.82. The highest BCUT2D eigenvalue weighted by Gasteiger charge is 2.04. The number of benzene rings is 1. The third-order valence-corrected chi connectivity index (χ3v) is 2.56. The van der Waals surface area contributed by atoms with Crippen molar-refractivity contribution in [3.8, 4) is 0 Å². The molecular weight excluding hydrogens is 264 g/mol. The fraction of sp³-hybridized carbons (Fsp3) is 0. The second-order valence-corrected chi connectivity index (χ2v) is 4.19. The molecule has 1 aromatic carbocycles. The Balaban J connectivity index is 2.28. The van der Waals surface area contributed by atoms with Crippen LogP contribution in [-0.2, 0) is 0 Å². The van der Waals surface area contributed by atoms with Gasteiger partial charge in [-0.25, -0.2) is 9.37 Å². The molecule has 3 N–H and O–H groups in total. The van der Waals surface area contributed by atoms with Crippen molar-refractivity contribution in [2.75, 3.05) is 11.1 Å². The highest BCUT2D eigenvalue weighted by molar-refractivity contribution is 6.31. The molecule has 2 aromatic rings. The van der Waals surface area contributed by atoms with E-state index in [1.54, 1.807) is 6.07 Å². The van der Waals surface area contributed by atoms with Gasteiger partial charge in [0.05, 0.1) is 15.7 Å². The maximum atomic E-state index is 13.0. The fourth-order valence-electron chi connectivity index (χ4n) is 1.27. The third-order valence-electron chi connectivity index (χ3n) is 2.07. The average Bonchev–Trinajstić information content (AvgIpc) is 2.27. The summed E-state index contributed by atoms with van der Waals surface area (Å²) in [4.78, 5) is 4.02. The molecular formula is C11H8Cl2FN3. The molecule has 0 atom stereocenters. The smallest absolute Gasteiger partial charge is 0.153 e. The van der Waals surface area contributed by atoms with Crippen LogP contribution in [0.1, 0.15) is 0 Å². The maximum absolute atomic E-state index is 13.0. The number of aromatic nitrogens is 1. The summed E-state index contributed by atoms with van der Waals surface area (Å²) >= 11 is 11.4. The van der Waals surface area contributed by atoms with Crippen LogP contribution in [0, 0.1) is 5.82 Å². The van der Waals surface area contributed by atoms with Crippen molar-refractivity contribution in [3.63, 3.8) is 0 Å². The molecule has 0 bridgehead atoms. The first-order valence-electron chi connectivity index (χ1n) is 4.69. The summed E-state index contributed by atoms with van der Waals surface area (Å²) in [6.45, 7) is 0. The van der Waals surface area contributed by atoms with Crippen LogP contribution >= 0.6 is 23.2 Å². The number of hydrogen-bond donors (Lipinski definition) is 2. The third kappa shape index (κ3) is 2.78. The zero-order valence-corrected chi connectivity index (χ0v) is 10.1. The molecule has 1 heterocycles. The predicted molar refractivity (Wildman–Crippen MR) is 68.4 cm³/mol. The van der Waals surface area contributed by atoms with Crippen LogP contribution in [0.3, 0.4) is 0 Å². The number of halogens is 3. The van der Waals surface area contributed by atoms with Crippen molar-refractivity contribution >= 4 is 40.4 Å². The molecule has 0 saturated carbocycles. The number of nitrogens with one attached hydrogen (secondary N) is 1. The monoisotopic (exact) mass is 271 g/mol. The second-order valence-electron chi connectivity index (χ2n) is 3.35. The van der Waals surface area contributed by atoms with Crippen LogP contribution in [0.25, 0.3) is 0 Å². The Morgan fingerprint density at radius 1 is 1.24 bits per heavy atom. The molecule has 0 radical (unpaired) electrons. The molecule has 0 fully saturated rings. The topological polar surface area (TPSA) is 50.9 Å². The molecule has 0 saturated heterocycles. The molecule has 0 unspecified atom stereocenters. The van der Waals surface area contributed by atoms with Gasteiger partial charge in [-0.1, -0.05) is 23.2 Å². The first-order chi connectivity index (χ1) is 8.06. The van der Waals surface area contributed by atoms with E-state index in [1.165, 1.54) is 24.4 Å². The molecule has 0 aliphatic heterocycles. The predicted octanol–water partition coefficient (Wildman–Crippen LogP) is 3.85. The lowest BCUT2D eigenvalue weighted by Crippen LogP contribution is -1.99. The zero-order valence-electron chi connectivity index (χ0n) is 8.55. The minimum Gasteiger partial charge on any atom is -0.396 e. The molecule has 0 aliphatic rings. The Morgan fingerprint density at radius 3 is 2.65 bits per heavy atom. The zero-order chi connectivity index (χ0) is 12.4. The lowest BCUT2D eigenvalue weighted by molar-refractivity contribution is 0.628. The van der Waals surface area contributed by atoms with Gasteiger partial charge in [-0.15, -0.1) is 0 Å². The molecule has 17 heavy (non-hydrogen) atoms. The second kappa shape index (κ2) is 4.77. The Kier molecular flexibility index (Phi) is 3.36. The van der Waals surface area contributed by atoms with Crippen LogP contribution in [0.2, 0.25) is 10.0 Å². The number of hydrogen-bond acceptors (Lipinski definition) is 3. The van der Waals surface area contributed by atoms with Crippen molar-refractivity contribution in [3.05, 3.63) is 46.3 Å². The van der Waals surface area contributed by atoms with Gasteiger partial charge in [0.15, 0.2) is 5.82 Å². The lowest BCUT2D eigenvalue weighted by atomic mass is 10.3. The van der Waals surface area contributed by atoms with Crippen LogP contribution < -0.4 is 11.1 Å². The Labute approximate surface area is 107 Å². The van der Waals surface area contributed by atoms with Gasteiger partial charge in [-0.3, -0.25) is 0 Å². The largest absolute Gasteiger partial charge is 0.396 e. The van der Waals surface area contributed by atoms with Crippen molar-refractivity contribution in [1.29, 1.82) is 0 Å². The number of pyridine rings is 1. The minimum absolute atomic E-state index is 0.0301. The van der Waals surface area contributed by atoms with Crippen LogP contribution in [0.15, 0.2) is 30.5 Å². The average molecular weight is 272 g/mol. The van der Waals surface area contributed by atoms with Gasteiger partial charge in [0.2, 0.25) is 0 Å². The van der Waals surface area contributed by atoms with E-state index in [9.17, 15) is 4.39 Å². The molecule has 0 aliphatic carbocycles. The van der Waals surface area contributed by atoms with Gasteiger partial charge in [-0.2, -0.15) is 0 Å². The Bertz CT molecular complexity index is 560. The van der Waals surface area contributed by atoms with Crippen LogP contribution in [0.4, 0.5) is 21.6 Å². The Hall–Kier alpha value is -1.52. The van der Waals surface area contributed by atoms with Crippen molar-refractivity contribution < 1.29 is 4.39 Å². The van der Waals surface area contributed by atoms with Crippen molar-refractivity contribution in [1.82, 2.24) is 4.98 Å². The number of nitrogens with zero attached hydrogens (tertiary/aromatic N) is 1. The molecule has 88 valence electrons. The van der Waals surface area contributed by atoms with Crippen LogP contribution in [0.5, 0.6) is 0 Å². The SMILES string of the molecule is Nc1cc(Cl)cnc1Nc1ccc(F)c(Cl)c1. The number of anilines is 3. The van der Waals surface area contributed by atoms with E-state index in [2.05, 4.69) is 10.3 Å². The van der Waals surface area contributed by atoms with E-state index in [0.717, 1.165) is 0 Å².